The third kappa shape index (κ3) is 3.67. The monoisotopic (exact) mass is 250 g/mol. The van der Waals surface area contributed by atoms with Gasteiger partial charge in [-0.25, -0.2) is 9.97 Å². The predicted octanol–water partition coefficient (Wildman–Crippen LogP) is 1.55. The van der Waals surface area contributed by atoms with E-state index in [0.29, 0.717) is 12.2 Å². The zero-order chi connectivity index (χ0) is 11.9. The van der Waals surface area contributed by atoms with Crippen molar-refractivity contribution >= 4 is 17.2 Å². The first-order chi connectivity index (χ1) is 8.36. The number of imidazole rings is 1. The fraction of sp³-hybridized carbons (Fsp3) is 0.364. The Labute approximate surface area is 104 Å². The highest BCUT2D eigenvalue weighted by molar-refractivity contribution is 7.07. The summed E-state index contributed by atoms with van der Waals surface area (Å²) in [5.41, 5.74) is 2.16. The second-order valence-corrected chi connectivity index (χ2v) is 4.36. The molecule has 6 heteroatoms. The lowest BCUT2D eigenvalue weighted by Gasteiger charge is -2.03. The first-order valence-corrected chi connectivity index (χ1v) is 6.42. The van der Waals surface area contributed by atoms with E-state index in [1.807, 2.05) is 10.8 Å². The Bertz CT molecular complexity index is 438. The van der Waals surface area contributed by atoms with Gasteiger partial charge in [0.1, 0.15) is 5.69 Å². The second-order valence-electron chi connectivity index (χ2n) is 3.64. The maximum atomic E-state index is 11.5. The van der Waals surface area contributed by atoms with Gasteiger partial charge in [-0.3, -0.25) is 4.79 Å². The van der Waals surface area contributed by atoms with Crippen molar-refractivity contribution in [1.29, 1.82) is 0 Å². The standard InChI is InChI=1S/C11H14N4OS/c16-11(10-7-17-9-14-10)13-3-1-2-5-15-6-4-12-8-15/h4,6-9H,1-3,5H2,(H,13,16). The van der Waals surface area contributed by atoms with Gasteiger partial charge in [0.15, 0.2) is 0 Å². The van der Waals surface area contributed by atoms with E-state index in [1.54, 1.807) is 23.4 Å². The Balaban J connectivity index is 1.59. The summed E-state index contributed by atoms with van der Waals surface area (Å²) in [5, 5.41) is 4.60. The number of hydrogen-bond donors (Lipinski definition) is 1. The van der Waals surface area contributed by atoms with Crippen LogP contribution in [0.2, 0.25) is 0 Å². The molecule has 1 amide bonds. The van der Waals surface area contributed by atoms with Crippen molar-refractivity contribution in [1.82, 2.24) is 19.9 Å². The van der Waals surface area contributed by atoms with Crippen LogP contribution in [0.1, 0.15) is 23.3 Å². The van der Waals surface area contributed by atoms with E-state index in [2.05, 4.69) is 15.3 Å². The zero-order valence-electron chi connectivity index (χ0n) is 9.37. The molecule has 0 radical (unpaired) electrons. The van der Waals surface area contributed by atoms with E-state index in [1.165, 1.54) is 11.3 Å². The molecule has 2 aromatic heterocycles. The van der Waals surface area contributed by atoms with Gasteiger partial charge in [-0.05, 0) is 12.8 Å². The molecule has 1 N–H and O–H groups in total. The van der Waals surface area contributed by atoms with Gasteiger partial charge in [0.25, 0.3) is 5.91 Å². The summed E-state index contributed by atoms with van der Waals surface area (Å²) >= 11 is 1.43. The Morgan fingerprint density at radius 1 is 1.47 bits per heavy atom. The van der Waals surface area contributed by atoms with Gasteiger partial charge >= 0.3 is 0 Å². The molecule has 2 heterocycles. The third-order valence-electron chi connectivity index (χ3n) is 2.35. The number of carbonyl (C=O) groups is 1. The van der Waals surface area contributed by atoms with E-state index < -0.39 is 0 Å². The van der Waals surface area contributed by atoms with Crippen molar-refractivity contribution in [2.75, 3.05) is 6.54 Å². The fourth-order valence-corrected chi connectivity index (χ4v) is 1.99. The molecule has 0 unspecified atom stereocenters. The molecule has 0 aliphatic heterocycles. The average molecular weight is 250 g/mol. The van der Waals surface area contributed by atoms with E-state index in [4.69, 9.17) is 0 Å². The Morgan fingerprint density at radius 3 is 3.12 bits per heavy atom. The van der Waals surface area contributed by atoms with Gasteiger partial charge in [0.2, 0.25) is 0 Å². The molecule has 0 atom stereocenters. The van der Waals surface area contributed by atoms with E-state index in [0.717, 1.165) is 19.4 Å². The van der Waals surface area contributed by atoms with Crippen molar-refractivity contribution in [3.8, 4) is 0 Å². The van der Waals surface area contributed by atoms with Crippen LogP contribution in [-0.2, 0) is 6.54 Å². The minimum atomic E-state index is -0.0890. The molecule has 0 aliphatic rings. The number of nitrogens with zero attached hydrogens (tertiary/aromatic N) is 3. The van der Waals surface area contributed by atoms with Crippen LogP contribution < -0.4 is 5.32 Å². The van der Waals surface area contributed by atoms with Crippen molar-refractivity contribution in [2.24, 2.45) is 0 Å². The van der Waals surface area contributed by atoms with Crippen LogP contribution in [0.3, 0.4) is 0 Å². The van der Waals surface area contributed by atoms with E-state index in [9.17, 15) is 4.79 Å². The Hall–Kier alpha value is -1.69. The van der Waals surface area contributed by atoms with Crippen molar-refractivity contribution < 1.29 is 4.79 Å². The number of hydrogen-bond acceptors (Lipinski definition) is 4. The van der Waals surface area contributed by atoms with Gasteiger partial charge in [-0.15, -0.1) is 11.3 Å². The van der Waals surface area contributed by atoms with Gasteiger partial charge in [0, 0.05) is 30.9 Å². The lowest BCUT2D eigenvalue weighted by Crippen LogP contribution is -2.24. The number of nitrogens with one attached hydrogen (secondary N) is 1. The normalized spacial score (nSPS) is 10.4. The van der Waals surface area contributed by atoms with Crippen LogP contribution in [0.15, 0.2) is 29.6 Å². The summed E-state index contributed by atoms with van der Waals surface area (Å²) in [6.45, 7) is 1.62. The largest absolute Gasteiger partial charge is 0.351 e. The quantitative estimate of drug-likeness (QED) is 0.791. The number of aryl methyl sites for hydroxylation is 1. The predicted molar refractivity (Wildman–Crippen MR) is 65.9 cm³/mol. The topological polar surface area (TPSA) is 59.8 Å². The number of aromatic nitrogens is 3. The number of rotatable bonds is 6. The molecule has 5 nitrogen and oxygen atoms in total. The summed E-state index contributed by atoms with van der Waals surface area (Å²) in [6, 6.07) is 0. The lowest BCUT2D eigenvalue weighted by molar-refractivity contribution is 0.0948. The average Bonchev–Trinajstić information content (AvgIpc) is 3.01. The Morgan fingerprint density at radius 2 is 2.41 bits per heavy atom. The van der Waals surface area contributed by atoms with Crippen LogP contribution >= 0.6 is 11.3 Å². The SMILES string of the molecule is O=C(NCCCCn1ccnc1)c1cscn1. The summed E-state index contributed by atoms with van der Waals surface area (Å²) in [7, 11) is 0. The van der Waals surface area contributed by atoms with Crippen LogP contribution in [0.5, 0.6) is 0 Å². The molecule has 0 fully saturated rings. The minimum Gasteiger partial charge on any atom is -0.351 e. The van der Waals surface area contributed by atoms with Crippen LogP contribution in [0, 0.1) is 0 Å². The third-order valence-corrected chi connectivity index (χ3v) is 2.94. The minimum absolute atomic E-state index is 0.0890. The zero-order valence-corrected chi connectivity index (χ0v) is 10.2. The lowest BCUT2D eigenvalue weighted by atomic mass is 10.3. The van der Waals surface area contributed by atoms with Gasteiger partial charge in [-0.1, -0.05) is 0 Å². The number of thiazole rings is 1. The Kier molecular flexibility index (Phi) is 4.26. The van der Waals surface area contributed by atoms with Crippen LogP contribution in [0.4, 0.5) is 0 Å². The molecule has 0 saturated carbocycles. The van der Waals surface area contributed by atoms with Gasteiger partial charge in [-0.2, -0.15) is 0 Å². The van der Waals surface area contributed by atoms with Gasteiger partial charge < -0.3 is 9.88 Å². The van der Waals surface area contributed by atoms with E-state index in [-0.39, 0.29) is 5.91 Å². The first-order valence-electron chi connectivity index (χ1n) is 5.48. The summed E-state index contributed by atoms with van der Waals surface area (Å²) in [5.74, 6) is -0.0890. The molecule has 0 aliphatic carbocycles. The molecule has 17 heavy (non-hydrogen) atoms. The molecule has 0 aromatic carbocycles. The number of unbranched alkanes of at least 4 members (excludes halogenated alkanes) is 1. The summed E-state index contributed by atoms with van der Waals surface area (Å²) < 4.78 is 2.03. The fourth-order valence-electron chi connectivity index (χ4n) is 1.46. The maximum Gasteiger partial charge on any atom is 0.270 e. The molecule has 2 rings (SSSR count). The van der Waals surface area contributed by atoms with Crippen molar-refractivity contribution in [3.63, 3.8) is 0 Å². The molecule has 0 saturated heterocycles. The van der Waals surface area contributed by atoms with Crippen molar-refractivity contribution in [3.05, 3.63) is 35.3 Å². The molecule has 90 valence electrons. The highest BCUT2D eigenvalue weighted by Crippen LogP contribution is 2.00. The molecule has 0 bridgehead atoms. The summed E-state index contributed by atoms with van der Waals surface area (Å²) in [4.78, 5) is 19.4. The molecular formula is C11H14N4OS. The number of carbonyl (C=O) groups excluding carboxylic acids is 1. The van der Waals surface area contributed by atoms with Crippen LogP contribution in [0.25, 0.3) is 0 Å². The summed E-state index contributed by atoms with van der Waals surface area (Å²) in [6.07, 6.45) is 7.48. The molecular weight excluding hydrogens is 236 g/mol. The molecule has 0 spiro atoms. The molecule has 2 aromatic rings. The first kappa shape index (κ1) is 11.8. The highest BCUT2D eigenvalue weighted by Gasteiger charge is 2.05. The maximum absolute atomic E-state index is 11.5. The van der Waals surface area contributed by atoms with E-state index >= 15 is 0 Å². The van der Waals surface area contributed by atoms with Crippen molar-refractivity contribution in [2.45, 2.75) is 19.4 Å². The smallest absolute Gasteiger partial charge is 0.270 e. The second kappa shape index (κ2) is 6.15. The van der Waals surface area contributed by atoms with Gasteiger partial charge in [0.05, 0.1) is 11.8 Å². The number of amides is 1. The highest BCUT2D eigenvalue weighted by atomic mass is 32.1. The van der Waals surface area contributed by atoms with Crippen LogP contribution in [-0.4, -0.2) is 27.0 Å².